The number of aromatic nitrogens is 2. The Morgan fingerprint density at radius 3 is 2.69 bits per heavy atom. The van der Waals surface area contributed by atoms with Gasteiger partial charge < -0.3 is 4.98 Å². The van der Waals surface area contributed by atoms with Crippen LogP contribution in [-0.2, 0) is 16.1 Å². The van der Waals surface area contributed by atoms with Crippen molar-refractivity contribution in [3.05, 3.63) is 39.4 Å². The number of H-pyrrole nitrogens is 1. The zero-order valence-corrected chi connectivity index (χ0v) is 15.2. The number of hydrogen-bond acceptors (Lipinski definition) is 4. The fraction of sp³-hybridized carbons (Fsp3) is 0.444. The molecule has 0 saturated heterocycles. The Kier molecular flexibility index (Phi) is 5.82. The molecule has 1 heterocycles. The lowest BCUT2D eigenvalue weighted by atomic mass is 10.2. The first-order chi connectivity index (χ1) is 12.6. The average Bonchev–Trinajstić information content (AvgIpc) is 3.47. The standard InChI is InChI=1S/C18H22N4O3S/c23-15(20-21-16(24)12-9-10-12)8-2-1-5-11-22-17(25)13-6-3-4-7-14(13)19-18(22)26/h3-4,6-7,12H,1-2,5,8-11H2,(H,19,26)(H,20,23)(H,21,24). The Morgan fingerprint density at radius 1 is 1.15 bits per heavy atom. The van der Waals surface area contributed by atoms with Crippen LogP contribution in [-0.4, -0.2) is 21.4 Å². The van der Waals surface area contributed by atoms with Gasteiger partial charge >= 0.3 is 0 Å². The molecule has 2 aromatic rings. The number of para-hydroxylation sites is 1. The molecule has 1 aromatic heterocycles. The maximum atomic E-state index is 12.5. The summed E-state index contributed by atoms with van der Waals surface area (Å²) < 4.78 is 1.97. The first-order valence-electron chi connectivity index (χ1n) is 8.87. The molecule has 3 rings (SSSR count). The number of carbonyl (C=O) groups excluding carboxylic acids is 2. The van der Waals surface area contributed by atoms with Crippen LogP contribution >= 0.6 is 12.2 Å². The van der Waals surface area contributed by atoms with E-state index in [0.717, 1.165) is 31.2 Å². The quantitative estimate of drug-likeness (QED) is 0.393. The number of benzene rings is 1. The van der Waals surface area contributed by atoms with E-state index in [4.69, 9.17) is 12.2 Å². The topological polar surface area (TPSA) is 96.0 Å². The minimum absolute atomic E-state index is 0.0694. The number of nitrogens with one attached hydrogen (secondary N) is 3. The second-order valence-electron chi connectivity index (χ2n) is 6.55. The van der Waals surface area contributed by atoms with E-state index in [9.17, 15) is 14.4 Å². The van der Waals surface area contributed by atoms with E-state index in [1.165, 1.54) is 0 Å². The normalized spacial score (nSPS) is 13.5. The van der Waals surface area contributed by atoms with Gasteiger partial charge in [-0.1, -0.05) is 18.6 Å². The summed E-state index contributed by atoms with van der Waals surface area (Å²) in [4.78, 5) is 38.7. The van der Waals surface area contributed by atoms with E-state index in [2.05, 4.69) is 15.8 Å². The summed E-state index contributed by atoms with van der Waals surface area (Å²) in [6.45, 7) is 0.513. The van der Waals surface area contributed by atoms with Crippen LogP contribution in [0.25, 0.3) is 10.9 Å². The first kappa shape index (κ1) is 18.3. The lowest BCUT2D eigenvalue weighted by molar-refractivity contribution is -0.129. The number of rotatable bonds is 7. The highest BCUT2D eigenvalue weighted by Gasteiger charge is 2.29. The van der Waals surface area contributed by atoms with Crippen molar-refractivity contribution in [2.24, 2.45) is 5.92 Å². The molecule has 0 radical (unpaired) electrons. The Hall–Kier alpha value is -2.48. The fourth-order valence-corrected chi connectivity index (χ4v) is 3.06. The molecule has 0 unspecified atom stereocenters. The van der Waals surface area contributed by atoms with Gasteiger partial charge in [0.1, 0.15) is 0 Å². The summed E-state index contributed by atoms with van der Waals surface area (Å²) in [6.07, 6.45) is 4.36. The van der Waals surface area contributed by atoms with Crippen LogP contribution in [0.15, 0.2) is 29.1 Å². The van der Waals surface area contributed by atoms with Crippen LogP contribution < -0.4 is 16.4 Å². The highest BCUT2D eigenvalue weighted by Crippen LogP contribution is 2.28. The highest BCUT2D eigenvalue weighted by molar-refractivity contribution is 7.71. The number of aromatic amines is 1. The number of carbonyl (C=O) groups is 2. The molecule has 1 aromatic carbocycles. The number of amides is 2. The van der Waals surface area contributed by atoms with Crippen LogP contribution in [0.4, 0.5) is 0 Å². The van der Waals surface area contributed by atoms with E-state index in [1.54, 1.807) is 10.6 Å². The largest absolute Gasteiger partial charge is 0.332 e. The maximum Gasteiger partial charge on any atom is 0.262 e. The van der Waals surface area contributed by atoms with Gasteiger partial charge in [-0.15, -0.1) is 0 Å². The van der Waals surface area contributed by atoms with E-state index in [1.807, 2.05) is 18.2 Å². The second kappa shape index (κ2) is 8.27. The van der Waals surface area contributed by atoms with Crippen LogP contribution in [0.5, 0.6) is 0 Å². The third-order valence-electron chi connectivity index (χ3n) is 4.45. The number of hydrazine groups is 1. The molecular weight excluding hydrogens is 352 g/mol. The zero-order valence-electron chi connectivity index (χ0n) is 14.4. The molecule has 0 bridgehead atoms. The first-order valence-corrected chi connectivity index (χ1v) is 9.27. The number of hydrogen-bond donors (Lipinski definition) is 3. The third kappa shape index (κ3) is 4.57. The van der Waals surface area contributed by atoms with E-state index >= 15 is 0 Å². The summed E-state index contributed by atoms with van der Waals surface area (Å²) in [7, 11) is 0. The average molecular weight is 374 g/mol. The summed E-state index contributed by atoms with van der Waals surface area (Å²) in [5.74, 6) is -0.234. The highest BCUT2D eigenvalue weighted by atomic mass is 32.1. The summed E-state index contributed by atoms with van der Waals surface area (Å²) in [5, 5.41) is 0.617. The molecule has 1 aliphatic rings. The Balaban J connectivity index is 1.43. The van der Waals surface area contributed by atoms with Crippen LogP contribution in [0.1, 0.15) is 38.5 Å². The van der Waals surface area contributed by atoms with Crippen molar-refractivity contribution < 1.29 is 9.59 Å². The molecule has 1 saturated carbocycles. The molecule has 1 fully saturated rings. The van der Waals surface area contributed by atoms with Gasteiger partial charge in [-0.05, 0) is 50.0 Å². The lowest BCUT2D eigenvalue weighted by Crippen LogP contribution is -2.42. The molecule has 0 aliphatic heterocycles. The summed E-state index contributed by atoms with van der Waals surface area (Å²) in [6, 6.07) is 7.29. The molecule has 3 N–H and O–H groups in total. The molecule has 0 spiro atoms. The van der Waals surface area contributed by atoms with Gasteiger partial charge in [-0.25, -0.2) is 0 Å². The van der Waals surface area contributed by atoms with Crippen molar-refractivity contribution in [1.82, 2.24) is 20.4 Å². The SMILES string of the molecule is O=C(CCCCCn1c(=S)[nH]c2ccccc2c1=O)NNC(=O)C1CC1. The van der Waals surface area contributed by atoms with Gasteiger partial charge in [0, 0.05) is 18.9 Å². The van der Waals surface area contributed by atoms with Crippen molar-refractivity contribution >= 4 is 34.9 Å². The van der Waals surface area contributed by atoms with Crippen molar-refractivity contribution in [1.29, 1.82) is 0 Å². The Bertz CT molecular complexity index is 930. The van der Waals surface area contributed by atoms with Crippen molar-refractivity contribution in [3.63, 3.8) is 0 Å². The predicted octanol–water partition coefficient (Wildman–Crippen LogP) is 2.18. The Labute approximate surface area is 155 Å². The molecule has 8 heteroatoms. The number of unbranched alkanes of at least 4 members (excludes halogenated alkanes) is 2. The molecule has 26 heavy (non-hydrogen) atoms. The van der Waals surface area contributed by atoms with E-state index in [0.29, 0.717) is 29.5 Å². The van der Waals surface area contributed by atoms with Crippen LogP contribution in [0.3, 0.4) is 0 Å². The number of nitrogens with zero attached hydrogens (tertiary/aromatic N) is 1. The molecule has 7 nitrogen and oxygen atoms in total. The third-order valence-corrected chi connectivity index (χ3v) is 4.77. The number of fused-ring (bicyclic) bond motifs is 1. The minimum atomic E-state index is -0.195. The van der Waals surface area contributed by atoms with Gasteiger partial charge in [-0.3, -0.25) is 29.8 Å². The predicted molar refractivity (Wildman–Crippen MR) is 101 cm³/mol. The monoisotopic (exact) mass is 374 g/mol. The maximum absolute atomic E-state index is 12.5. The van der Waals surface area contributed by atoms with Crippen molar-refractivity contribution in [2.75, 3.05) is 0 Å². The smallest absolute Gasteiger partial charge is 0.262 e. The van der Waals surface area contributed by atoms with Crippen LogP contribution in [0.2, 0.25) is 0 Å². The zero-order chi connectivity index (χ0) is 18.5. The minimum Gasteiger partial charge on any atom is -0.332 e. The van der Waals surface area contributed by atoms with Gasteiger partial charge in [0.2, 0.25) is 11.8 Å². The summed E-state index contributed by atoms with van der Waals surface area (Å²) in [5.41, 5.74) is 5.52. The van der Waals surface area contributed by atoms with Gasteiger partial charge in [0.15, 0.2) is 4.77 Å². The molecular formula is C18H22N4O3S. The molecule has 1 aliphatic carbocycles. The Morgan fingerprint density at radius 2 is 1.92 bits per heavy atom. The van der Waals surface area contributed by atoms with Crippen molar-refractivity contribution in [3.8, 4) is 0 Å². The summed E-state index contributed by atoms with van der Waals surface area (Å²) >= 11 is 5.27. The lowest BCUT2D eigenvalue weighted by Gasteiger charge is -2.08. The van der Waals surface area contributed by atoms with Gasteiger partial charge in [0.25, 0.3) is 5.56 Å². The van der Waals surface area contributed by atoms with E-state index in [-0.39, 0.29) is 23.3 Å². The fourth-order valence-electron chi connectivity index (χ4n) is 2.78. The van der Waals surface area contributed by atoms with E-state index < -0.39 is 0 Å². The van der Waals surface area contributed by atoms with Gasteiger partial charge in [-0.2, -0.15) is 0 Å². The molecule has 138 valence electrons. The molecule has 2 amide bonds. The van der Waals surface area contributed by atoms with Gasteiger partial charge in [0.05, 0.1) is 10.9 Å². The molecule has 0 atom stereocenters. The van der Waals surface area contributed by atoms with Crippen LogP contribution in [0, 0.1) is 10.7 Å². The van der Waals surface area contributed by atoms with Crippen molar-refractivity contribution in [2.45, 2.75) is 45.1 Å². The second-order valence-corrected chi connectivity index (χ2v) is 6.94.